The van der Waals surface area contributed by atoms with Crippen LogP contribution >= 0.6 is 0 Å². The molecule has 2 heteroatoms. The Morgan fingerprint density at radius 3 is 3.00 bits per heavy atom. The molecule has 1 unspecified atom stereocenters. The van der Waals surface area contributed by atoms with Gasteiger partial charge in [-0.15, -0.1) is 0 Å². The zero-order chi connectivity index (χ0) is 10.1. The minimum Gasteiger partial charge on any atom is -0.388 e. The Kier molecular flexibility index (Phi) is 2.55. The molecular weight excluding hydrogens is 174 g/mol. The summed E-state index contributed by atoms with van der Waals surface area (Å²) in [4.78, 5) is 4.07. The van der Waals surface area contributed by atoms with Crippen LogP contribution in [0.3, 0.4) is 0 Å². The molecule has 2 rings (SSSR count). The Morgan fingerprint density at radius 1 is 1.64 bits per heavy atom. The Bertz CT molecular complexity index is 324. The summed E-state index contributed by atoms with van der Waals surface area (Å²) in [5.74, 6) is 1.20. The van der Waals surface area contributed by atoms with Crippen LogP contribution in [0.2, 0.25) is 0 Å². The summed E-state index contributed by atoms with van der Waals surface area (Å²) in [7, 11) is 0. The van der Waals surface area contributed by atoms with Crippen LogP contribution in [0.25, 0.3) is 0 Å². The fraction of sp³-hybridized carbons (Fsp3) is 0.583. The van der Waals surface area contributed by atoms with E-state index in [1.54, 1.807) is 12.4 Å². The smallest absolute Gasteiger partial charge is 0.0838 e. The molecule has 0 saturated heterocycles. The molecule has 1 aromatic rings. The van der Waals surface area contributed by atoms with Gasteiger partial charge < -0.3 is 5.11 Å². The van der Waals surface area contributed by atoms with E-state index in [0.29, 0.717) is 5.92 Å². The van der Waals surface area contributed by atoms with Crippen molar-refractivity contribution < 1.29 is 5.11 Å². The van der Waals surface area contributed by atoms with Crippen LogP contribution in [0.4, 0.5) is 0 Å². The Balaban J connectivity index is 2.12. The molecule has 1 fully saturated rings. The number of aliphatic hydroxyl groups excluding tert-OH is 1. The van der Waals surface area contributed by atoms with Gasteiger partial charge in [0.25, 0.3) is 0 Å². The number of rotatable bonds is 3. The molecule has 1 aliphatic rings. The maximum atomic E-state index is 10.1. The topological polar surface area (TPSA) is 33.1 Å². The lowest BCUT2D eigenvalue weighted by molar-refractivity contribution is 0.145. The van der Waals surface area contributed by atoms with Crippen molar-refractivity contribution in [3.05, 3.63) is 29.6 Å². The van der Waals surface area contributed by atoms with Gasteiger partial charge in [-0.05, 0) is 36.8 Å². The zero-order valence-electron chi connectivity index (χ0n) is 8.77. The third-order valence-corrected chi connectivity index (χ3v) is 3.31. The van der Waals surface area contributed by atoms with Crippen molar-refractivity contribution in [1.29, 1.82) is 0 Å². The van der Waals surface area contributed by atoms with E-state index in [2.05, 4.69) is 11.9 Å². The summed E-state index contributed by atoms with van der Waals surface area (Å²) in [5.41, 5.74) is 2.16. The van der Waals surface area contributed by atoms with E-state index in [4.69, 9.17) is 0 Å². The van der Waals surface area contributed by atoms with Gasteiger partial charge in [-0.1, -0.05) is 13.3 Å². The number of aliphatic hydroxyl groups is 1. The molecule has 1 N–H and O–H groups in total. The van der Waals surface area contributed by atoms with Gasteiger partial charge >= 0.3 is 0 Å². The predicted molar refractivity (Wildman–Crippen MR) is 55.8 cm³/mol. The van der Waals surface area contributed by atoms with E-state index in [0.717, 1.165) is 17.0 Å². The minimum atomic E-state index is -0.298. The Hall–Kier alpha value is -0.890. The standard InChI is InChI=1S/C12H17NO/c1-3-9-6-10(9)12(14)11-7-13-5-4-8(11)2/h4-5,7,9-10,12,14H,3,6H2,1-2H3/t9-,10-,12?/m1/s1. The molecule has 1 heterocycles. The van der Waals surface area contributed by atoms with Crippen molar-refractivity contribution in [3.8, 4) is 0 Å². The molecule has 1 saturated carbocycles. The molecule has 0 spiro atoms. The lowest BCUT2D eigenvalue weighted by atomic mass is 10.0. The Morgan fingerprint density at radius 2 is 2.43 bits per heavy atom. The van der Waals surface area contributed by atoms with Gasteiger partial charge in [-0.2, -0.15) is 0 Å². The molecule has 0 aliphatic heterocycles. The summed E-state index contributed by atoms with van der Waals surface area (Å²) in [5, 5.41) is 10.1. The molecule has 1 aromatic heterocycles. The molecule has 0 aromatic carbocycles. The average molecular weight is 191 g/mol. The lowest BCUT2D eigenvalue weighted by Crippen LogP contribution is -2.04. The second kappa shape index (κ2) is 3.70. The molecular formula is C12H17NO. The molecule has 14 heavy (non-hydrogen) atoms. The highest BCUT2D eigenvalue weighted by molar-refractivity contribution is 5.25. The number of pyridine rings is 1. The second-order valence-corrected chi connectivity index (χ2v) is 4.24. The summed E-state index contributed by atoms with van der Waals surface area (Å²) >= 11 is 0. The van der Waals surface area contributed by atoms with Crippen molar-refractivity contribution in [2.45, 2.75) is 32.8 Å². The third kappa shape index (κ3) is 1.67. The second-order valence-electron chi connectivity index (χ2n) is 4.24. The van der Waals surface area contributed by atoms with E-state index >= 15 is 0 Å². The Labute approximate surface area is 85.0 Å². The van der Waals surface area contributed by atoms with E-state index in [9.17, 15) is 5.11 Å². The number of nitrogens with zero attached hydrogens (tertiary/aromatic N) is 1. The highest BCUT2D eigenvalue weighted by atomic mass is 16.3. The number of hydrogen-bond acceptors (Lipinski definition) is 2. The number of aromatic nitrogens is 1. The summed E-state index contributed by atoms with van der Waals surface area (Å²) in [6.07, 6.45) is 5.63. The van der Waals surface area contributed by atoms with Gasteiger partial charge in [-0.3, -0.25) is 4.98 Å². The van der Waals surface area contributed by atoms with Crippen LogP contribution in [0.1, 0.15) is 37.0 Å². The van der Waals surface area contributed by atoms with Gasteiger partial charge in [0.15, 0.2) is 0 Å². The normalized spacial score (nSPS) is 27.4. The van der Waals surface area contributed by atoms with Crippen molar-refractivity contribution in [1.82, 2.24) is 4.98 Å². The zero-order valence-corrected chi connectivity index (χ0v) is 8.77. The van der Waals surface area contributed by atoms with E-state index in [1.807, 2.05) is 13.0 Å². The fourth-order valence-corrected chi connectivity index (χ4v) is 2.14. The third-order valence-electron chi connectivity index (χ3n) is 3.31. The highest BCUT2D eigenvalue weighted by Crippen LogP contribution is 2.49. The molecule has 76 valence electrons. The fourth-order valence-electron chi connectivity index (χ4n) is 2.14. The first kappa shape index (κ1) is 9.66. The largest absolute Gasteiger partial charge is 0.388 e. The van der Waals surface area contributed by atoms with Gasteiger partial charge in [0.05, 0.1) is 6.10 Å². The van der Waals surface area contributed by atoms with Crippen molar-refractivity contribution >= 4 is 0 Å². The van der Waals surface area contributed by atoms with Crippen LogP contribution in [-0.2, 0) is 0 Å². The first-order valence-electron chi connectivity index (χ1n) is 5.32. The van der Waals surface area contributed by atoms with E-state index in [1.165, 1.54) is 12.8 Å². The average Bonchev–Trinajstić information content (AvgIpc) is 2.96. The van der Waals surface area contributed by atoms with Crippen molar-refractivity contribution in [2.24, 2.45) is 11.8 Å². The van der Waals surface area contributed by atoms with Crippen LogP contribution in [0.15, 0.2) is 18.5 Å². The predicted octanol–water partition coefficient (Wildman–Crippen LogP) is 2.47. The van der Waals surface area contributed by atoms with Gasteiger partial charge in [0, 0.05) is 18.0 Å². The van der Waals surface area contributed by atoms with Crippen molar-refractivity contribution in [3.63, 3.8) is 0 Å². The molecule has 2 nitrogen and oxygen atoms in total. The molecule has 0 amide bonds. The molecule has 3 atom stereocenters. The van der Waals surface area contributed by atoms with Crippen LogP contribution in [0.5, 0.6) is 0 Å². The van der Waals surface area contributed by atoms with Crippen LogP contribution in [-0.4, -0.2) is 10.1 Å². The van der Waals surface area contributed by atoms with E-state index in [-0.39, 0.29) is 6.10 Å². The van der Waals surface area contributed by atoms with E-state index < -0.39 is 0 Å². The van der Waals surface area contributed by atoms with Gasteiger partial charge in [0.1, 0.15) is 0 Å². The number of aryl methyl sites for hydroxylation is 1. The molecule has 0 bridgehead atoms. The summed E-state index contributed by atoms with van der Waals surface area (Å²) in [6, 6.07) is 1.96. The SMILES string of the molecule is CC[C@@H]1C[C@H]1C(O)c1cnccc1C. The van der Waals surface area contributed by atoms with Crippen LogP contribution < -0.4 is 0 Å². The van der Waals surface area contributed by atoms with Gasteiger partial charge in [0.2, 0.25) is 0 Å². The highest BCUT2D eigenvalue weighted by Gasteiger charge is 2.41. The van der Waals surface area contributed by atoms with Crippen molar-refractivity contribution in [2.75, 3.05) is 0 Å². The monoisotopic (exact) mass is 191 g/mol. The maximum absolute atomic E-state index is 10.1. The summed E-state index contributed by atoms with van der Waals surface area (Å²) in [6.45, 7) is 4.22. The first-order chi connectivity index (χ1) is 6.74. The summed E-state index contributed by atoms with van der Waals surface area (Å²) < 4.78 is 0. The molecule has 1 aliphatic carbocycles. The van der Waals surface area contributed by atoms with Crippen LogP contribution in [0, 0.1) is 18.8 Å². The molecule has 0 radical (unpaired) electrons. The lowest BCUT2D eigenvalue weighted by Gasteiger charge is -2.12. The minimum absolute atomic E-state index is 0.298. The van der Waals surface area contributed by atoms with Gasteiger partial charge in [-0.25, -0.2) is 0 Å². The first-order valence-corrected chi connectivity index (χ1v) is 5.32. The quantitative estimate of drug-likeness (QED) is 0.796. The number of hydrogen-bond donors (Lipinski definition) is 1. The maximum Gasteiger partial charge on any atom is 0.0838 e.